The molecule has 1 aromatic heterocycles. The summed E-state index contributed by atoms with van der Waals surface area (Å²) in [5.74, 6) is -0.343. The number of carbonyl (C=O) groups is 2. The van der Waals surface area contributed by atoms with Crippen LogP contribution in [0.5, 0.6) is 0 Å². The van der Waals surface area contributed by atoms with Crippen LogP contribution in [-0.2, 0) is 4.79 Å². The Morgan fingerprint density at radius 2 is 1.71 bits per heavy atom. The van der Waals surface area contributed by atoms with E-state index in [9.17, 15) is 9.59 Å². The molecule has 17 heavy (non-hydrogen) atoms. The lowest BCUT2D eigenvalue weighted by Gasteiger charge is -2.20. The van der Waals surface area contributed by atoms with Crippen molar-refractivity contribution in [1.82, 2.24) is 5.32 Å². The third kappa shape index (κ3) is 2.49. The number of hydrogen-bond acceptors (Lipinski definition) is 3. The lowest BCUT2D eigenvalue weighted by molar-refractivity contribution is -0.143. The largest absolute Gasteiger partial charge is 0.480 e. The van der Waals surface area contributed by atoms with Gasteiger partial charge in [0.2, 0.25) is 0 Å². The van der Waals surface area contributed by atoms with Gasteiger partial charge in [-0.05, 0) is 34.6 Å². The minimum atomic E-state index is -1.30. The maximum Gasteiger partial charge on any atom is 0.328 e. The lowest BCUT2D eigenvalue weighted by atomic mass is 10.0. The molecule has 5 heteroatoms. The molecule has 5 nitrogen and oxygen atoms in total. The second kappa shape index (κ2) is 4.24. The molecule has 0 aromatic carbocycles. The summed E-state index contributed by atoms with van der Waals surface area (Å²) in [6.07, 6.45) is 0. The van der Waals surface area contributed by atoms with Gasteiger partial charge in [0.1, 0.15) is 17.1 Å². The van der Waals surface area contributed by atoms with Gasteiger partial charge in [-0.1, -0.05) is 0 Å². The van der Waals surface area contributed by atoms with Crippen LogP contribution in [0, 0.1) is 20.8 Å². The lowest BCUT2D eigenvalue weighted by Crippen LogP contribution is -2.49. The summed E-state index contributed by atoms with van der Waals surface area (Å²) in [6, 6.07) is 0. The van der Waals surface area contributed by atoms with Gasteiger partial charge in [-0.25, -0.2) is 4.79 Å². The van der Waals surface area contributed by atoms with E-state index in [2.05, 4.69) is 5.32 Å². The molecular weight excluding hydrogens is 222 g/mol. The number of hydrogen-bond donors (Lipinski definition) is 2. The molecule has 0 radical (unpaired) electrons. The summed E-state index contributed by atoms with van der Waals surface area (Å²) in [5.41, 5.74) is -0.153. The Labute approximate surface area is 99.8 Å². The monoisotopic (exact) mass is 239 g/mol. The zero-order valence-corrected chi connectivity index (χ0v) is 10.7. The first kappa shape index (κ1) is 13.3. The minimum Gasteiger partial charge on any atom is -0.480 e. The SMILES string of the molecule is Cc1oc(C)c(C(=O)NC(C)(C)C(=O)O)c1C. The molecule has 1 amide bonds. The van der Waals surface area contributed by atoms with Crippen LogP contribution in [0.1, 0.15) is 41.3 Å². The zero-order valence-electron chi connectivity index (χ0n) is 10.7. The second-order valence-electron chi connectivity index (χ2n) is 4.60. The van der Waals surface area contributed by atoms with Crippen molar-refractivity contribution in [3.63, 3.8) is 0 Å². The van der Waals surface area contributed by atoms with Crippen LogP contribution in [0.15, 0.2) is 4.42 Å². The van der Waals surface area contributed by atoms with E-state index in [4.69, 9.17) is 9.52 Å². The highest BCUT2D eigenvalue weighted by Crippen LogP contribution is 2.21. The average molecular weight is 239 g/mol. The molecule has 0 aliphatic rings. The molecule has 0 saturated carbocycles. The Morgan fingerprint density at radius 3 is 2.06 bits per heavy atom. The van der Waals surface area contributed by atoms with Crippen molar-refractivity contribution in [3.05, 3.63) is 22.6 Å². The molecule has 0 atom stereocenters. The third-order valence-electron chi connectivity index (χ3n) is 2.75. The number of rotatable bonds is 3. The first-order valence-electron chi connectivity index (χ1n) is 5.29. The van der Waals surface area contributed by atoms with Gasteiger partial charge >= 0.3 is 5.97 Å². The van der Waals surface area contributed by atoms with E-state index < -0.39 is 17.4 Å². The van der Waals surface area contributed by atoms with E-state index in [0.717, 1.165) is 5.56 Å². The highest BCUT2D eigenvalue weighted by atomic mass is 16.4. The van der Waals surface area contributed by atoms with Crippen LogP contribution in [0.2, 0.25) is 0 Å². The molecule has 94 valence electrons. The van der Waals surface area contributed by atoms with E-state index in [0.29, 0.717) is 17.1 Å². The summed E-state index contributed by atoms with van der Waals surface area (Å²) in [4.78, 5) is 22.9. The van der Waals surface area contributed by atoms with Gasteiger partial charge in [0, 0.05) is 5.56 Å². The van der Waals surface area contributed by atoms with Gasteiger partial charge in [0.05, 0.1) is 5.56 Å². The van der Waals surface area contributed by atoms with Crippen molar-refractivity contribution in [2.45, 2.75) is 40.2 Å². The van der Waals surface area contributed by atoms with Gasteiger partial charge < -0.3 is 14.8 Å². The smallest absolute Gasteiger partial charge is 0.328 e. The fourth-order valence-electron chi connectivity index (χ4n) is 1.53. The van der Waals surface area contributed by atoms with E-state index in [1.807, 2.05) is 0 Å². The first-order valence-corrected chi connectivity index (χ1v) is 5.29. The van der Waals surface area contributed by atoms with Crippen LogP contribution in [0.4, 0.5) is 0 Å². The van der Waals surface area contributed by atoms with Crippen LogP contribution in [-0.4, -0.2) is 22.5 Å². The van der Waals surface area contributed by atoms with Crippen molar-refractivity contribution in [2.75, 3.05) is 0 Å². The van der Waals surface area contributed by atoms with E-state index in [1.165, 1.54) is 13.8 Å². The number of amides is 1. The number of aliphatic carboxylic acids is 1. The number of carboxylic acids is 1. The van der Waals surface area contributed by atoms with Crippen LogP contribution < -0.4 is 5.32 Å². The summed E-state index contributed by atoms with van der Waals surface area (Å²) in [6.45, 7) is 8.09. The number of carboxylic acid groups (broad SMARTS) is 1. The molecule has 0 unspecified atom stereocenters. The molecule has 0 fully saturated rings. The number of carbonyl (C=O) groups excluding carboxylic acids is 1. The molecule has 0 spiro atoms. The zero-order chi connectivity index (χ0) is 13.4. The maximum atomic E-state index is 12.0. The predicted octanol–water partition coefficient (Wildman–Crippen LogP) is 1.80. The van der Waals surface area contributed by atoms with Crippen molar-refractivity contribution < 1.29 is 19.1 Å². The highest BCUT2D eigenvalue weighted by Gasteiger charge is 2.31. The van der Waals surface area contributed by atoms with Crippen LogP contribution in [0.25, 0.3) is 0 Å². The maximum absolute atomic E-state index is 12.0. The van der Waals surface area contributed by atoms with E-state index >= 15 is 0 Å². The quantitative estimate of drug-likeness (QED) is 0.842. The molecule has 1 aromatic rings. The van der Waals surface area contributed by atoms with E-state index in [1.54, 1.807) is 20.8 Å². The van der Waals surface area contributed by atoms with Crippen LogP contribution in [0.3, 0.4) is 0 Å². The Hall–Kier alpha value is -1.78. The molecule has 0 saturated heterocycles. The molecule has 0 bridgehead atoms. The normalized spacial score (nSPS) is 11.4. The highest BCUT2D eigenvalue weighted by molar-refractivity contribution is 5.99. The van der Waals surface area contributed by atoms with Gasteiger partial charge in [-0.15, -0.1) is 0 Å². The molecule has 1 rings (SSSR count). The summed E-state index contributed by atoms with van der Waals surface area (Å²) in [5, 5.41) is 11.4. The first-order chi connectivity index (χ1) is 7.66. The van der Waals surface area contributed by atoms with Gasteiger partial charge in [-0.3, -0.25) is 4.79 Å². The summed E-state index contributed by atoms with van der Waals surface area (Å²) >= 11 is 0. The Morgan fingerprint density at radius 1 is 1.18 bits per heavy atom. The summed E-state index contributed by atoms with van der Waals surface area (Å²) in [7, 11) is 0. The molecule has 2 N–H and O–H groups in total. The summed E-state index contributed by atoms with van der Waals surface area (Å²) < 4.78 is 5.33. The molecule has 0 aliphatic carbocycles. The Kier molecular flexibility index (Phi) is 3.31. The van der Waals surface area contributed by atoms with Gasteiger partial charge in [0.25, 0.3) is 5.91 Å². The number of furan rings is 1. The van der Waals surface area contributed by atoms with Crippen molar-refractivity contribution >= 4 is 11.9 Å². The standard InChI is InChI=1S/C12H17NO4/c1-6-7(2)17-8(3)9(6)10(14)13-12(4,5)11(15)16/h1-5H3,(H,13,14)(H,15,16). The fourth-order valence-corrected chi connectivity index (χ4v) is 1.53. The second-order valence-corrected chi connectivity index (χ2v) is 4.60. The number of nitrogens with one attached hydrogen (secondary N) is 1. The van der Waals surface area contributed by atoms with Gasteiger partial charge in [-0.2, -0.15) is 0 Å². The predicted molar refractivity (Wildman–Crippen MR) is 62.1 cm³/mol. The average Bonchev–Trinajstić information content (AvgIpc) is 2.39. The van der Waals surface area contributed by atoms with Crippen molar-refractivity contribution in [3.8, 4) is 0 Å². The van der Waals surface area contributed by atoms with Crippen molar-refractivity contribution in [2.24, 2.45) is 0 Å². The molecular formula is C12H17NO4. The Balaban J connectivity index is 3.03. The molecule has 1 heterocycles. The molecule has 0 aliphatic heterocycles. The van der Waals surface area contributed by atoms with Crippen molar-refractivity contribution in [1.29, 1.82) is 0 Å². The Bertz CT molecular complexity index is 471. The number of aryl methyl sites for hydroxylation is 2. The minimum absolute atomic E-state index is 0.414. The van der Waals surface area contributed by atoms with Gasteiger partial charge in [0.15, 0.2) is 0 Å². The third-order valence-corrected chi connectivity index (χ3v) is 2.75. The van der Waals surface area contributed by atoms with Crippen LogP contribution >= 0.6 is 0 Å². The topological polar surface area (TPSA) is 79.5 Å². The fraction of sp³-hybridized carbons (Fsp3) is 0.500. The van der Waals surface area contributed by atoms with E-state index in [-0.39, 0.29) is 0 Å².